The largest absolute Gasteiger partial charge is 0.399 e. The van der Waals surface area contributed by atoms with Crippen molar-refractivity contribution in [2.24, 2.45) is 5.92 Å². The summed E-state index contributed by atoms with van der Waals surface area (Å²) in [6.45, 7) is 1.50. The summed E-state index contributed by atoms with van der Waals surface area (Å²) in [5.41, 5.74) is 7.87. The zero-order chi connectivity index (χ0) is 12.7. The van der Waals surface area contributed by atoms with Crippen LogP contribution in [0.1, 0.15) is 12.0 Å². The topological polar surface area (TPSA) is 75.4 Å². The molecule has 18 heavy (non-hydrogen) atoms. The molecule has 0 spiro atoms. The van der Waals surface area contributed by atoms with Crippen LogP contribution >= 0.6 is 0 Å². The molecule has 0 radical (unpaired) electrons. The second-order valence-corrected chi connectivity index (χ2v) is 4.82. The third-order valence-corrected chi connectivity index (χ3v) is 3.57. The van der Waals surface area contributed by atoms with E-state index in [0.29, 0.717) is 17.9 Å². The summed E-state index contributed by atoms with van der Waals surface area (Å²) in [6.07, 6.45) is 1.07. The molecule has 3 rings (SSSR count). The highest BCUT2D eigenvalue weighted by Gasteiger charge is 2.36. The summed E-state index contributed by atoms with van der Waals surface area (Å²) in [4.78, 5) is 25.6. The molecule has 0 aliphatic carbocycles. The Morgan fingerprint density at radius 3 is 3.00 bits per heavy atom. The minimum Gasteiger partial charge on any atom is -0.399 e. The molecule has 2 aliphatic rings. The van der Waals surface area contributed by atoms with Crippen LogP contribution < -0.4 is 16.0 Å². The van der Waals surface area contributed by atoms with E-state index in [4.69, 9.17) is 5.73 Å². The first-order valence-corrected chi connectivity index (χ1v) is 6.13. The standard InChI is InChI=1S/C13H15N3O2/c14-10-1-2-11-9(5-10)6-12(17)16(11)13(18)8-3-4-15-7-8/h1-2,5,8,15H,3-4,6-7,14H2. The number of carbonyl (C=O) groups is 2. The summed E-state index contributed by atoms with van der Waals surface area (Å²) in [5, 5.41) is 3.15. The minimum absolute atomic E-state index is 0.0857. The van der Waals surface area contributed by atoms with Crippen LogP contribution in [0.2, 0.25) is 0 Å². The molecule has 2 amide bonds. The first kappa shape index (κ1) is 11.2. The smallest absolute Gasteiger partial charge is 0.238 e. The summed E-state index contributed by atoms with van der Waals surface area (Å²) < 4.78 is 0. The van der Waals surface area contributed by atoms with Crippen molar-refractivity contribution in [3.8, 4) is 0 Å². The summed E-state index contributed by atoms with van der Waals surface area (Å²) in [7, 11) is 0. The summed E-state index contributed by atoms with van der Waals surface area (Å²) in [5.74, 6) is -0.321. The number of rotatable bonds is 1. The van der Waals surface area contributed by atoms with Crippen molar-refractivity contribution >= 4 is 23.2 Å². The van der Waals surface area contributed by atoms with Crippen LogP contribution in [-0.2, 0) is 16.0 Å². The van der Waals surface area contributed by atoms with E-state index in [1.165, 1.54) is 4.90 Å². The van der Waals surface area contributed by atoms with Crippen molar-refractivity contribution < 1.29 is 9.59 Å². The summed E-state index contributed by atoms with van der Waals surface area (Å²) >= 11 is 0. The lowest BCUT2D eigenvalue weighted by atomic mass is 10.1. The maximum atomic E-state index is 12.3. The zero-order valence-electron chi connectivity index (χ0n) is 9.98. The van der Waals surface area contributed by atoms with Gasteiger partial charge in [-0.2, -0.15) is 0 Å². The fourth-order valence-electron chi connectivity index (χ4n) is 2.63. The van der Waals surface area contributed by atoms with E-state index >= 15 is 0 Å². The van der Waals surface area contributed by atoms with Crippen molar-refractivity contribution in [1.82, 2.24) is 5.32 Å². The lowest BCUT2D eigenvalue weighted by molar-refractivity contribution is -0.127. The molecule has 0 aromatic heterocycles. The van der Waals surface area contributed by atoms with Gasteiger partial charge in [-0.25, -0.2) is 4.90 Å². The molecule has 3 N–H and O–H groups in total. The molecule has 0 bridgehead atoms. The van der Waals surface area contributed by atoms with Crippen molar-refractivity contribution in [1.29, 1.82) is 0 Å². The average Bonchev–Trinajstić information content (AvgIpc) is 2.94. The van der Waals surface area contributed by atoms with E-state index in [0.717, 1.165) is 18.5 Å². The van der Waals surface area contributed by atoms with Gasteiger partial charge in [0.1, 0.15) is 0 Å². The highest BCUT2D eigenvalue weighted by atomic mass is 16.2. The molecule has 1 saturated heterocycles. The van der Waals surface area contributed by atoms with Gasteiger partial charge < -0.3 is 11.1 Å². The fourth-order valence-corrected chi connectivity index (χ4v) is 2.63. The van der Waals surface area contributed by atoms with Gasteiger partial charge in [0.05, 0.1) is 18.0 Å². The number of benzene rings is 1. The third kappa shape index (κ3) is 1.67. The Bertz CT molecular complexity index is 521. The fraction of sp³-hybridized carbons (Fsp3) is 0.385. The van der Waals surface area contributed by atoms with Crippen LogP contribution in [-0.4, -0.2) is 24.9 Å². The molecule has 2 aliphatic heterocycles. The van der Waals surface area contributed by atoms with E-state index in [1.54, 1.807) is 18.2 Å². The van der Waals surface area contributed by atoms with Gasteiger partial charge >= 0.3 is 0 Å². The number of hydrogen-bond acceptors (Lipinski definition) is 4. The average molecular weight is 245 g/mol. The van der Waals surface area contributed by atoms with Crippen molar-refractivity contribution in [2.45, 2.75) is 12.8 Å². The molecule has 5 nitrogen and oxygen atoms in total. The number of nitrogens with one attached hydrogen (secondary N) is 1. The number of nitrogens with two attached hydrogens (primary N) is 1. The maximum absolute atomic E-state index is 12.3. The van der Waals surface area contributed by atoms with Crippen molar-refractivity contribution in [3.63, 3.8) is 0 Å². The number of amides is 2. The highest BCUT2D eigenvalue weighted by molar-refractivity contribution is 6.20. The molecule has 0 saturated carbocycles. The normalized spacial score (nSPS) is 22.3. The van der Waals surface area contributed by atoms with E-state index in [2.05, 4.69) is 5.32 Å². The number of imide groups is 1. The molecule has 2 heterocycles. The number of anilines is 2. The van der Waals surface area contributed by atoms with Gasteiger partial charge in [0, 0.05) is 12.2 Å². The van der Waals surface area contributed by atoms with Gasteiger partial charge in [-0.15, -0.1) is 0 Å². The summed E-state index contributed by atoms with van der Waals surface area (Å²) in [6, 6.07) is 5.26. The molecular weight excluding hydrogens is 230 g/mol. The van der Waals surface area contributed by atoms with Gasteiger partial charge in [-0.05, 0) is 36.7 Å². The van der Waals surface area contributed by atoms with Crippen LogP contribution in [0.3, 0.4) is 0 Å². The highest BCUT2D eigenvalue weighted by Crippen LogP contribution is 2.32. The first-order chi connectivity index (χ1) is 8.66. The van der Waals surface area contributed by atoms with Gasteiger partial charge in [-0.1, -0.05) is 0 Å². The zero-order valence-corrected chi connectivity index (χ0v) is 9.98. The Balaban J connectivity index is 1.93. The van der Waals surface area contributed by atoms with Gasteiger partial charge in [0.15, 0.2) is 0 Å². The molecule has 1 aromatic carbocycles. The molecular formula is C13H15N3O2. The number of fused-ring (bicyclic) bond motifs is 1. The predicted molar refractivity (Wildman–Crippen MR) is 68.0 cm³/mol. The Hall–Kier alpha value is -1.88. The van der Waals surface area contributed by atoms with E-state index in [-0.39, 0.29) is 24.2 Å². The van der Waals surface area contributed by atoms with Gasteiger partial charge in [0.2, 0.25) is 11.8 Å². The Labute approximate surface area is 105 Å². The third-order valence-electron chi connectivity index (χ3n) is 3.57. The molecule has 1 fully saturated rings. The van der Waals surface area contributed by atoms with Crippen LogP contribution in [0, 0.1) is 5.92 Å². The van der Waals surface area contributed by atoms with E-state index < -0.39 is 0 Å². The first-order valence-electron chi connectivity index (χ1n) is 6.13. The van der Waals surface area contributed by atoms with E-state index in [9.17, 15) is 9.59 Å². The minimum atomic E-state index is -0.146. The quantitative estimate of drug-likeness (QED) is 0.551. The van der Waals surface area contributed by atoms with Crippen LogP contribution in [0.4, 0.5) is 11.4 Å². The molecule has 1 atom stereocenters. The number of nitrogen functional groups attached to an aromatic ring is 1. The number of hydrogen-bond donors (Lipinski definition) is 2. The van der Waals surface area contributed by atoms with Crippen LogP contribution in [0.15, 0.2) is 18.2 Å². The Morgan fingerprint density at radius 1 is 1.44 bits per heavy atom. The van der Waals surface area contributed by atoms with Gasteiger partial charge in [-0.3, -0.25) is 9.59 Å². The predicted octanol–water partition coefficient (Wildman–Crippen LogP) is 0.294. The number of carbonyl (C=O) groups excluding carboxylic acids is 2. The lowest BCUT2D eigenvalue weighted by Gasteiger charge is -2.19. The number of nitrogens with zero attached hydrogens (tertiary/aromatic N) is 1. The van der Waals surface area contributed by atoms with Crippen molar-refractivity contribution in [2.75, 3.05) is 23.7 Å². The molecule has 1 aromatic rings. The Morgan fingerprint density at radius 2 is 2.28 bits per heavy atom. The Kier molecular flexibility index (Phi) is 2.56. The van der Waals surface area contributed by atoms with Crippen LogP contribution in [0.25, 0.3) is 0 Å². The molecule has 1 unspecified atom stereocenters. The monoisotopic (exact) mass is 245 g/mol. The van der Waals surface area contributed by atoms with Gasteiger partial charge in [0.25, 0.3) is 0 Å². The molecule has 5 heteroatoms. The maximum Gasteiger partial charge on any atom is 0.238 e. The van der Waals surface area contributed by atoms with Crippen molar-refractivity contribution in [3.05, 3.63) is 23.8 Å². The van der Waals surface area contributed by atoms with Crippen LogP contribution in [0.5, 0.6) is 0 Å². The second-order valence-electron chi connectivity index (χ2n) is 4.82. The molecule has 94 valence electrons. The lowest BCUT2D eigenvalue weighted by Crippen LogP contribution is -2.39. The SMILES string of the molecule is Nc1ccc2c(c1)CC(=O)N2C(=O)C1CCNC1. The second kappa shape index (κ2) is 4.10. The van der Waals surface area contributed by atoms with E-state index in [1.807, 2.05) is 0 Å².